The Bertz CT molecular complexity index is 661. The second-order valence-corrected chi connectivity index (χ2v) is 5.20. The number of hydrogen-bond acceptors (Lipinski definition) is 3. The molecule has 0 aliphatic heterocycles. The first kappa shape index (κ1) is 14.2. The summed E-state index contributed by atoms with van der Waals surface area (Å²) in [5, 5.41) is 7.60. The third-order valence-electron chi connectivity index (χ3n) is 3.02. The van der Waals surface area contributed by atoms with Crippen LogP contribution in [0.4, 0.5) is 0 Å². The molecule has 0 spiro atoms. The van der Waals surface area contributed by atoms with Gasteiger partial charge in [0, 0.05) is 18.4 Å². The van der Waals surface area contributed by atoms with E-state index in [9.17, 15) is 9.59 Å². The average Bonchev–Trinajstić information content (AvgIpc) is 2.45. The number of fused-ring (bicyclic) bond motifs is 1. The highest BCUT2D eigenvalue weighted by atomic mass is 16.1. The number of carbonyl (C=O) groups excluding carboxylic acids is 1. The molecule has 0 saturated heterocycles. The molecule has 0 unspecified atom stereocenters. The smallest absolute Gasteiger partial charge is 0.221 e. The molecule has 20 heavy (non-hydrogen) atoms. The van der Waals surface area contributed by atoms with Crippen LogP contribution in [0.1, 0.15) is 20.3 Å². The maximum absolute atomic E-state index is 11.7. The summed E-state index contributed by atoms with van der Waals surface area (Å²) in [5.74, 6) is 0.439. The Morgan fingerprint density at radius 2 is 2.10 bits per heavy atom. The molecule has 5 heteroatoms. The van der Waals surface area contributed by atoms with Crippen molar-refractivity contribution in [3.05, 3.63) is 40.7 Å². The number of aryl methyl sites for hydroxylation is 1. The molecular formula is C15H19N3O2. The fourth-order valence-electron chi connectivity index (χ4n) is 1.95. The van der Waals surface area contributed by atoms with Gasteiger partial charge in [0.05, 0.1) is 18.3 Å². The molecule has 1 aromatic carbocycles. The van der Waals surface area contributed by atoms with E-state index in [1.165, 1.54) is 6.20 Å². The Morgan fingerprint density at radius 3 is 2.85 bits per heavy atom. The van der Waals surface area contributed by atoms with Gasteiger partial charge in [-0.25, -0.2) is 0 Å². The normalized spacial score (nSPS) is 10.9. The summed E-state index contributed by atoms with van der Waals surface area (Å²) >= 11 is 0. The molecule has 0 aliphatic rings. The largest absolute Gasteiger partial charge is 0.356 e. The molecule has 1 N–H and O–H groups in total. The van der Waals surface area contributed by atoms with Crippen LogP contribution in [0.25, 0.3) is 10.9 Å². The van der Waals surface area contributed by atoms with Crippen molar-refractivity contribution in [3.8, 4) is 0 Å². The summed E-state index contributed by atoms with van der Waals surface area (Å²) in [5.41, 5.74) is 0.665. The van der Waals surface area contributed by atoms with Gasteiger partial charge in [-0.05, 0) is 18.1 Å². The maximum Gasteiger partial charge on any atom is 0.221 e. The van der Waals surface area contributed by atoms with E-state index < -0.39 is 0 Å². The Balaban J connectivity index is 2.09. The van der Waals surface area contributed by atoms with E-state index in [1.807, 2.05) is 18.2 Å². The van der Waals surface area contributed by atoms with Crippen LogP contribution in [0.3, 0.4) is 0 Å². The van der Waals surface area contributed by atoms with E-state index >= 15 is 0 Å². The fourth-order valence-corrected chi connectivity index (χ4v) is 1.95. The van der Waals surface area contributed by atoms with Crippen molar-refractivity contribution in [2.45, 2.75) is 26.8 Å². The predicted molar refractivity (Wildman–Crippen MR) is 78.5 cm³/mol. The minimum absolute atomic E-state index is 0.00304. The van der Waals surface area contributed by atoms with Gasteiger partial charge in [0.25, 0.3) is 0 Å². The summed E-state index contributed by atoms with van der Waals surface area (Å²) in [7, 11) is 0. The van der Waals surface area contributed by atoms with E-state index in [-0.39, 0.29) is 11.3 Å². The lowest BCUT2D eigenvalue weighted by Gasteiger charge is -2.10. The van der Waals surface area contributed by atoms with Crippen LogP contribution in [-0.4, -0.2) is 22.2 Å². The molecule has 0 saturated carbocycles. The number of rotatable bonds is 5. The first-order valence-corrected chi connectivity index (χ1v) is 6.79. The number of carbonyl (C=O) groups is 1. The third kappa shape index (κ3) is 3.44. The van der Waals surface area contributed by atoms with E-state index in [2.05, 4.69) is 24.3 Å². The predicted octanol–water partition coefficient (Wildman–Crippen LogP) is 1.56. The molecule has 0 atom stereocenters. The van der Waals surface area contributed by atoms with Gasteiger partial charge in [0.15, 0.2) is 0 Å². The first-order valence-electron chi connectivity index (χ1n) is 6.79. The number of benzene rings is 1. The Hall–Kier alpha value is -2.17. The molecule has 0 fully saturated rings. The average molecular weight is 273 g/mol. The molecule has 106 valence electrons. The highest BCUT2D eigenvalue weighted by molar-refractivity contribution is 5.79. The quantitative estimate of drug-likeness (QED) is 0.899. The van der Waals surface area contributed by atoms with Gasteiger partial charge in [0.1, 0.15) is 0 Å². The van der Waals surface area contributed by atoms with Crippen LogP contribution in [0.15, 0.2) is 35.3 Å². The fraction of sp³-hybridized carbons (Fsp3) is 0.400. The SMILES string of the molecule is CC(C)CNC(=O)CCn1ncc(=O)c2ccccc21. The minimum atomic E-state index is -0.0962. The van der Waals surface area contributed by atoms with Crippen LogP contribution >= 0.6 is 0 Å². The first-order chi connectivity index (χ1) is 9.58. The number of nitrogens with zero attached hydrogens (tertiary/aromatic N) is 2. The molecule has 0 bridgehead atoms. The lowest BCUT2D eigenvalue weighted by molar-refractivity contribution is -0.121. The van der Waals surface area contributed by atoms with Crippen LogP contribution in [-0.2, 0) is 11.3 Å². The van der Waals surface area contributed by atoms with Crippen molar-refractivity contribution in [1.29, 1.82) is 0 Å². The molecule has 1 aromatic heterocycles. The van der Waals surface area contributed by atoms with Crippen molar-refractivity contribution in [1.82, 2.24) is 15.1 Å². The summed E-state index contributed by atoms with van der Waals surface area (Å²) in [6.07, 6.45) is 1.65. The minimum Gasteiger partial charge on any atom is -0.356 e. The maximum atomic E-state index is 11.7. The topological polar surface area (TPSA) is 64.0 Å². The number of para-hydroxylation sites is 1. The lowest BCUT2D eigenvalue weighted by Crippen LogP contribution is -2.28. The van der Waals surface area contributed by atoms with Crippen molar-refractivity contribution < 1.29 is 4.79 Å². The summed E-state index contributed by atoms with van der Waals surface area (Å²) in [6, 6.07) is 7.30. The summed E-state index contributed by atoms with van der Waals surface area (Å²) in [4.78, 5) is 23.4. The number of hydrogen-bond donors (Lipinski definition) is 1. The molecule has 0 radical (unpaired) electrons. The zero-order valence-corrected chi connectivity index (χ0v) is 11.8. The molecule has 1 heterocycles. The summed E-state index contributed by atoms with van der Waals surface area (Å²) < 4.78 is 1.70. The molecule has 1 amide bonds. The van der Waals surface area contributed by atoms with E-state index in [4.69, 9.17) is 0 Å². The molecular weight excluding hydrogens is 254 g/mol. The van der Waals surface area contributed by atoms with Crippen LogP contribution in [0.2, 0.25) is 0 Å². The van der Waals surface area contributed by atoms with Crippen LogP contribution < -0.4 is 10.7 Å². The Morgan fingerprint density at radius 1 is 1.35 bits per heavy atom. The highest BCUT2D eigenvalue weighted by Crippen LogP contribution is 2.08. The monoisotopic (exact) mass is 273 g/mol. The highest BCUT2D eigenvalue weighted by Gasteiger charge is 2.06. The molecule has 2 aromatic rings. The van der Waals surface area contributed by atoms with Crippen molar-refractivity contribution in [2.75, 3.05) is 6.54 Å². The zero-order valence-electron chi connectivity index (χ0n) is 11.8. The third-order valence-corrected chi connectivity index (χ3v) is 3.02. The van der Waals surface area contributed by atoms with Gasteiger partial charge >= 0.3 is 0 Å². The van der Waals surface area contributed by atoms with Crippen molar-refractivity contribution >= 4 is 16.8 Å². The van der Waals surface area contributed by atoms with Gasteiger partial charge in [-0.15, -0.1) is 0 Å². The molecule has 0 aliphatic carbocycles. The van der Waals surface area contributed by atoms with Crippen LogP contribution in [0.5, 0.6) is 0 Å². The van der Waals surface area contributed by atoms with Gasteiger partial charge in [-0.2, -0.15) is 5.10 Å². The van der Waals surface area contributed by atoms with Gasteiger partial charge in [-0.3, -0.25) is 14.3 Å². The van der Waals surface area contributed by atoms with Gasteiger partial charge < -0.3 is 5.32 Å². The number of aromatic nitrogens is 2. The number of amides is 1. The van der Waals surface area contributed by atoms with E-state index in [0.717, 1.165) is 5.52 Å². The van der Waals surface area contributed by atoms with Gasteiger partial charge in [-0.1, -0.05) is 26.0 Å². The van der Waals surface area contributed by atoms with E-state index in [1.54, 1.807) is 10.7 Å². The molecule has 5 nitrogen and oxygen atoms in total. The summed E-state index contributed by atoms with van der Waals surface area (Å²) in [6.45, 7) is 5.25. The van der Waals surface area contributed by atoms with Crippen molar-refractivity contribution in [2.24, 2.45) is 5.92 Å². The Kier molecular flexibility index (Phi) is 4.50. The van der Waals surface area contributed by atoms with Crippen molar-refractivity contribution in [3.63, 3.8) is 0 Å². The van der Waals surface area contributed by atoms with Gasteiger partial charge in [0.2, 0.25) is 11.3 Å². The Labute approximate surface area is 117 Å². The second-order valence-electron chi connectivity index (χ2n) is 5.20. The van der Waals surface area contributed by atoms with E-state index in [0.29, 0.717) is 30.8 Å². The molecule has 2 rings (SSSR count). The lowest BCUT2D eigenvalue weighted by atomic mass is 10.2. The zero-order chi connectivity index (χ0) is 14.5. The second kappa shape index (κ2) is 6.32. The number of nitrogens with one attached hydrogen (secondary N) is 1. The van der Waals surface area contributed by atoms with Crippen LogP contribution in [0, 0.1) is 5.92 Å². The standard InChI is InChI=1S/C15H19N3O2/c1-11(2)9-16-15(20)7-8-18-13-6-4-3-5-12(13)14(19)10-17-18/h3-6,10-11H,7-9H2,1-2H3,(H,16,20).